The van der Waals surface area contributed by atoms with Crippen molar-refractivity contribution in [3.8, 4) is 5.82 Å². The van der Waals surface area contributed by atoms with E-state index in [1.807, 2.05) is 0 Å². The number of rotatable bonds is 4. The van der Waals surface area contributed by atoms with E-state index in [0.717, 1.165) is 5.01 Å². The number of nitrogens with zero attached hydrogens (tertiary/aromatic N) is 4. The largest absolute Gasteiger partial charge is 0.452 e. The van der Waals surface area contributed by atoms with Crippen molar-refractivity contribution >= 4 is 51.1 Å². The molecule has 0 atom stereocenters. The maximum absolute atomic E-state index is 13.0. The summed E-state index contributed by atoms with van der Waals surface area (Å²) < 4.78 is 6.17. The molecule has 2 N–H and O–H groups in total. The van der Waals surface area contributed by atoms with Gasteiger partial charge in [0.1, 0.15) is 10.3 Å². The van der Waals surface area contributed by atoms with E-state index in [4.69, 9.17) is 11.6 Å². The summed E-state index contributed by atoms with van der Waals surface area (Å²) in [6, 6.07) is 11.1. The second kappa shape index (κ2) is 9.58. The lowest BCUT2D eigenvalue weighted by molar-refractivity contribution is 0.0691. The van der Waals surface area contributed by atoms with Crippen LogP contribution in [0.25, 0.3) is 5.82 Å². The number of benzene rings is 1. The van der Waals surface area contributed by atoms with Gasteiger partial charge in [0.05, 0.1) is 23.4 Å². The number of carbonyl (C=O) groups is 3. The van der Waals surface area contributed by atoms with E-state index in [1.54, 1.807) is 30.3 Å². The van der Waals surface area contributed by atoms with Crippen molar-refractivity contribution in [1.82, 2.24) is 25.2 Å². The van der Waals surface area contributed by atoms with Crippen LogP contribution in [0, 0.1) is 0 Å². The minimum atomic E-state index is -0.807. The fraction of sp³-hybridized carbons (Fsp3) is 0.105. The zero-order chi connectivity index (χ0) is 22.5. The Morgan fingerprint density at radius 1 is 1.19 bits per heavy atom. The number of hydrogen-bond acceptors (Lipinski definition) is 6. The zero-order valence-electron chi connectivity index (χ0n) is 16.3. The number of hydrogen-bond donors (Lipinski definition) is 2. The molecule has 0 aliphatic heterocycles. The van der Waals surface area contributed by atoms with Crippen LogP contribution >= 0.6 is 27.5 Å². The molecular weight excluding hydrogens is 492 g/mol. The number of ether oxygens (including phenoxy) is 1. The third-order valence-corrected chi connectivity index (χ3v) is 4.69. The van der Waals surface area contributed by atoms with Crippen LogP contribution in [0.1, 0.15) is 20.8 Å². The molecule has 3 rings (SSSR count). The zero-order valence-corrected chi connectivity index (χ0v) is 18.6. The fourth-order valence-electron chi connectivity index (χ4n) is 2.59. The van der Waals surface area contributed by atoms with Crippen molar-refractivity contribution in [3.05, 3.63) is 69.5 Å². The van der Waals surface area contributed by atoms with Crippen molar-refractivity contribution < 1.29 is 19.1 Å². The lowest BCUT2D eigenvalue weighted by Crippen LogP contribution is -2.43. The highest BCUT2D eigenvalue weighted by atomic mass is 79.9. The Labute approximate surface area is 190 Å². The lowest BCUT2D eigenvalue weighted by Gasteiger charge is -2.19. The predicted molar refractivity (Wildman–Crippen MR) is 116 cm³/mol. The van der Waals surface area contributed by atoms with Gasteiger partial charge in [-0.05, 0) is 40.2 Å². The van der Waals surface area contributed by atoms with E-state index >= 15 is 0 Å². The van der Waals surface area contributed by atoms with Gasteiger partial charge in [-0.1, -0.05) is 23.7 Å². The molecule has 12 heteroatoms. The molecule has 0 saturated heterocycles. The topological polar surface area (TPSA) is 118 Å². The van der Waals surface area contributed by atoms with Gasteiger partial charge in [0.15, 0.2) is 5.82 Å². The van der Waals surface area contributed by atoms with Gasteiger partial charge < -0.3 is 10.1 Å². The van der Waals surface area contributed by atoms with Crippen molar-refractivity contribution in [2.24, 2.45) is 0 Å². The Morgan fingerprint density at radius 2 is 1.94 bits per heavy atom. The van der Waals surface area contributed by atoms with Gasteiger partial charge in [-0.15, -0.1) is 0 Å². The Bertz CT molecular complexity index is 1150. The Balaban J connectivity index is 1.90. The van der Waals surface area contributed by atoms with Crippen molar-refractivity contribution in [3.63, 3.8) is 0 Å². The molecule has 0 fully saturated rings. The average Bonchev–Trinajstić information content (AvgIpc) is 3.15. The highest BCUT2D eigenvalue weighted by Gasteiger charge is 2.22. The second-order valence-electron chi connectivity index (χ2n) is 6.04. The molecule has 0 spiro atoms. The van der Waals surface area contributed by atoms with Crippen LogP contribution in [0.3, 0.4) is 0 Å². The summed E-state index contributed by atoms with van der Waals surface area (Å²) in [5, 5.41) is 8.16. The molecule has 160 valence electrons. The summed E-state index contributed by atoms with van der Waals surface area (Å²) in [7, 11) is 2.53. The van der Waals surface area contributed by atoms with Crippen molar-refractivity contribution in [2.45, 2.75) is 0 Å². The monoisotopic (exact) mass is 506 g/mol. The van der Waals surface area contributed by atoms with E-state index in [1.165, 1.54) is 37.2 Å². The number of nitrogens with one attached hydrogen (secondary N) is 2. The quantitative estimate of drug-likeness (QED) is 0.523. The molecule has 0 unspecified atom stereocenters. The van der Waals surface area contributed by atoms with Gasteiger partial charge in [0.25, 0.3) is 11.8 Å². The SMILES string of the molecule is COC(=O)NN(C)C(=O)c1ccccc1NC(=O)c1cc(Br)nn1-c1ncccc1Cl. The number of aromatic nitrogens is 3. The molecule has 0 radical (unpaired) electrons. The van der Waals surface area contributed by atoms with E-state index in [2.05, 4.69) is 41.5 Å². The van der Waals surface area contributed by atoms with Crippen LogP contribution in [0.5, 0.6) is 0 Å². The number of halogens is 2. The molecule has 2 heterocycles. The summed E-state index contributed by atoms with van der Waals surface area (Å²) in [5.41, 5.74) is 2.76. The molecule has 31 heavy (non-hydrogen) atoms. The van der Waals surface area contributed by atoms with Crippen LogP contribution in [0.15, 0.2) is 53.3 Å². The third-order valence-electron chi connectivity index (χ3n) is 4.01. The normalized spacial score (nSPS) is 10.3. The van der Waals surface area contributed by atoms with Gasteiger partial charge in [-0.25, -0.2) is 19.9 Å². The summed E-state index contributed by atoms with van der Waals surface area (Å²) in [4.78, 5) is 41.3. The number of amides is 3. The number of carbonyl (C=O) groups excluding carboxylic acids is 3. The molecule has 1 aromatic carbocycles. The van der Waals surface area contributed by atoms with Crippen LogP contribution in [0.2, 0.25) is 5.02 Å². The standard InChI is InChI=1S/C19H16BrClN6O4/c1-26(25-19(30)31-2)18(29)11-6-3-4-8-13(11)23-17(28)14-10-15(20)24-27(14)16-12(21)7-5-9-22-16/h3-10H,1-2H3,(H,23,28)(H,25,30). The van der Waals surface area contributed by atoms with Crippen LogP contribution in [0.4, 0.5) is 10.5 Å². The highest BCUT2D eigenvalue weighted by molar-refractivity contribution is 9.10. The maximum atomic E-state index is 13.0. The Morgan fingerprint density at radius 3 is 2.65 bits per heavy atom. The van der Waals surface area contributed by atoms with Gasteiger partial charge in [0.2, 0.25) is 0 Å². The predicted octanol–water partition coefficient (Wildman–Crippen LogP) is 3.28. The van der Waals surface area contributed by atoms with Crippen LogP contribution in [-0.2, 0) is 4.74 Å². The molecule has 3 amide bonds. The first-order chi connectivity index (χ1) is 14.8. The summed E-state index contributed by atoms with van der Waals surface area (Å²) in [6.07, 6.45) is 0.717. The summed E-state index contributed by atoms with van der Waals surface area (Å²) in [5.74, 6) is -0.848. The maximum Gasteiger partial charge on any atom is 0.425 e. The van der Waals surface area contributed by atoms with E-state index in [9.17, 15) is 14.4 Å². The molecule has 3 aromatic rings. The minimum absolute atomic E-state index is 0.135. The highest BCUT2D eigenvalue weighted by Crippen LogP contribution is 2.23. The van der Waals surface area contributed by atoms with Gasteiger partial charge in [0, 0.05) is 19.3 Å². The first-order valence-electron chi connectivity index (χ1n) is 8.71. The van der Waals surface area contributed by atoms with Crippen molar-refractivity contribution in [2.75, 3.05) is 19.5 Å². The second-order valence-corrected chi connectivity index (χ2v) is 7.26. The fourth-order valence-corrected chi connectivity index (χ4v) is 3.16. The third kappa shape index (κ3) is 5.01. The molecule has 0 aliphatic carbocycles. The van der Waals surface area contributed by atoms with Crippen LogP contribution < -0.4 is 10.7 Å². The number of pyridine rings is 1. The first kappa shape index (κ1) is 22.2. The van der Waals surface area contributed by atoms with Crippen molar-refractivity contribution in [1.29, 1.82) is 0 Å². The van der Waals surface area contributed by atoms with Gasteiger partial charge in [-0.2, -0.15) is 5.10 Å². The summed E-state index contributed by atoms with van der Waals surface area (Å²) >= 11 is 9.44. The molecule has 0 saturated carbocycles. The first-order valence-corrected chi connectivity index (χ1v) is 9.88. The number of para-hydroxylation sites is 1. The Kier molecular flexibility index (Phi) is 6.88. The molecule has 10 nitrogen and oxygen atoms in total. The van der Waals surface area contributed by atoms with E-state index in [0.29, 0.717) is 9.63 Å². The Hall–Kier alpha value is -3.44. The number of methoxy groups -OCH3 is 1. The van der Waals surface area contributed by atoms with E-state index < -0.39 is 17.9 Å². The van der Waals surface area contributed by atoms with Gasteiger partial charge >= 0.3 is 6.09 Å². The number of anilines is 1. The van der Waals surface area contributed by atoms with E-state index in [-0.39, 0.29) is 22.8 Å². The van der Waals surface area contributed by atoms with Crippen LogP contribution in [-0.4, -0.2) is 51.8 Å². The van der Waals surface area contributed by atoms with Gasteiger partial charge in [-0.3, -0.25) is 14.6 Å². The summed E-state index contributed by atoms with van der Waals surface area (Å²) in [6.45, 7) is 0. The smallest absolute Gasteiger partial charge is 0.425 e. The molecule has 0 bridgehead atoms. The lowest BCUT2D eigenvalue weighted by atomic mass is 10.1. The average molecular weight is 508 g/mol. The molecular formula is C19H16BrClN6O4. The minimum Gasteiger partial charge on any atom is -0.452 e. The molecule has 2 aromatic heterocycles. The molecule has 0 aliphatic rings. The number of hydrazine groups is 1.